The third-order valence-corrected chi connectivity index (χ3v) is 3.15. The minimum atomic E-state index is -0.980. The molecule has 2 rings (SSSR count). The monoisotopic (exact) mass is 270 g/mol. The lowest BCUT2D eigenvalue weighted by Gasteiger charge is -2.11. The van der Waals surface area contributed by atoms with Crippen molar-refractivity contribution in [2.24, 2.45) is 5.73 Å². The zero-order chi connectivity index (χ0) is 14.5. The summed E-state index contributed by atoms with van der Waals surface area (Å²) in [5.41, 5.74) is 9.62. The predicted molar refractivity (Wildman–Crippen MR) is 80.2 cm³/mol. The summed E-state index contributed by atoms with van der Waals surface area (Å²) in [6.45, 7) is 2.04. The van der Waals surface area contributed by atoms with Crippen LogP contribution in [0.2, 0.25) is 0 Å². The molecule has 4 N–H and O–H groups in total. The second-order valence-corrected chi connectivity index (χ2v) is 4.79. The van der Waals surface area contributed by atoms with Gasteiger partial charge in [-0.2, -0.15) is 0 Å². The van der Waals surface area contributed by atoms with Gasteiger partial charge in [0, 0.05) is 11.4 Å². The molecule has 0 saturated heterocycles. The number of hydrogen-bond donors (Lipinski definition) is 3. The summed E-state index contributed by atoms with van der Waals surface area (Å²) < 4.78 is 0. The summed E-state index contributed by atoms with van der Waals surface area (Å²) in [5, 5.41) is 12.1. The van der Waals surface area contributed by atoms with E-state index < -0.39 is 12.0 Å². The summed E-state index contributed by atoms with van der Waals surface area (Å²) in [7, 11) is 0. The van der Waals surface area contributed by atoms with E-state index in [-0.39, 0.29) is 0 Å². The lowest BCUT2D eigenvalue weighted by molar-refractivity contribution is -0.138. The molecule has 0 amide bonds. The van der Waals surface area contributed by atoms with E-state index in [4.69, 9.17) is 10.8 Å². The first-order valence-electron chi connectivity index (χ1n) is 6.46. The zero-order valence-electron chi connectivity index (χ0n) is 11.3. The Morgan fingerprint density at radius 1 is 1.20 bits per heavy atom. The van der Waals surface area contributed by atoms with Gasteiger partial charge in [0.25, 0.3) is 0 Å². The number of hydrogen-bond acceptors (Lipinski definition) is 3. The Balaban J connectivity index is 2.05. The highest BCUT2D eigenvalue weighted by Gasteiger charge is 2.11. The second-order valence-electron chi connectivity index (χ2n) is 4.79. The molecule has 0 aliphatic rings. The van der Waals surface area contributed by atoms with Crippen molar-refractivity contribution >= 4 is 17.3 Å². The fourth-order valence-electron chi connectivity index (χ4n) is 1.93. The number of nitrogens with two attached hydrogens (primary N) is 1. The van der Waals surface area contributed by atoms with Gasteiger partial charge in [0.15, 0.2) is 0 Å². The average Bonchev–Trinajstić information content (AvgIpc) is 2.43. The summed E-state index contributed by atoms with van der Waals surface area (Å²) in [5.74, 6) is -0.980. The van der Waals surface area contributed by atoms with E-state index >= 15 is 0 Å². The molecular weight excluding hydrogens is 252 g/mol. The highest BCUT2D eigenvalue weighted by atomic mass is 16.4. The Morgan fingerprint density at radius 2 is 1.85 bits per heavy atom. The number of aryl methyl sites for hydroxylation is 1. The molecule has 0 spiro atoms. The first kappa shape index (κ1) is 14.1. The number of benzene rings is 2. The largest absolute Gasteiger partial charge is 0.480 e. The summed E-state index contributed by atoms with van der Waals surface area (Å²) in [4.78, 5) is 10.7. The Bertz CT molecular complexity index is 594. The smallest absolute Gasteiger partial charge is 0.320 e. The summed E-state index contributed by atoms with van der Waals surface area (Å²) in [6.07, 6.45) is 0.333. The van der Waals surface area contributed by atoms with Gasteiger partial charge in [-0.15, -0.1) is 0 Å². The van der Waals surface area contributed by atoms with Crippen molar-refractivity contribution in [3.63, 3.8) is 0 Å². The number of carboxylic acid groups (broad SMARTS) is 1. The lowest BCUT2D eigenvalue weighted by atomic mass is 10.1. The van der Waals surface area contributed by atoms with Crippen LogP contribution in [0.25, 0.3) is 0 Å². The summed E-state index contributed by atoms with van der Waals surface area (Å²) in [6, 6.07) is 14.8. The van der Waals surface area contributed by atoms with Crippen LogP contribution in [0.3, 0.4) is 0 Å². The number of carbonyl (C=O) groups is 1. The molecule has 0 aliphatic carbocycles. The van der Waals surface area contributed by atoms with Gasteiger partial charge in [0.1, 0.15) is 6.04 Å². The second kappa shape index (κ2) is 6.21. The first-order valence-corrected chi connectivity index (χ1v) is 6.46. The van der Waals surface area contributed by atoms with Crippen molar-refractivity contribution in [2.45, 2.75) is 19.4 Å². The van der Waals surface area contributed by atoms with E-state index in [9.17, 15) is 4.79 Å². The van der Waals surface area contributed by atoms with Crippen molar-refractivity contribution in [1.82, 2.24) is 0 Å². The fourth-order valence-corrected chi connectivity index (χ4v) is 1.93. The number of carboxylic acids is 1. The van der Waals surface area contributed by atoms with E-state index in [1.54, 1.807) is 0 Å². The highest BCUT2D eigenvalue weighted by Crippen LogP contribution is 2.20. The molecule has 2 aromatic carbocycles. The van der Waals surface area contributed by atoms with Crippen LogP contribution in [0.15, 0.2) is 48.5 Å². The van der Waals surface area contributed by atoms with E-state index in [2.05, 4.69) is 5.32 Å². The van der Waals surface area contributed by atoms with Crippen molar-refractivity contribution < 1.29 is 9.90 Å². The maximum absolute atomic E-state index is 10.7. The van der Waals surface area contributed by atoms with E-state index in [0.29, 0.717) is 6.42 Å². The Labute approximate surface area is 118 Å². The van der Waals surface area contributed by atoms with E-state index in [1.165, 1.54) is 5.56 Å². The molecular formula is C16H18N2O2. The number of para-hydroxylation sites is 1. The SMILES string of the molecule is Cc1ccccc1Nc1ccc(C[C@H](N)C(=O)O)cc1. The van der Waals surface area contributed by atoms with Crippen LogP contribution in [-0.2, 0) is 11.2 Å². The molecule has 20 heavy (non-hydrogen) atoms. The number of anilines is 2. The quantitative estimate of drug-likeness (QED) is 0.781. The molecule has 1 atom stereocenters. The maximum Gasteiger partial charge on any atom is 0.320 e. The summed E-state index contributed by atoms with van der Waals surface area (Å²) >= 11 is 0. The van der Waals surface area contributed by atoms with Crippen molar-refractivity contribution in [3.05, 3.63) is 59.7 Å². The van der Waals surface area contributed by atoms with Gasteiger partial charge in [-0.1, -0.05) is 30.3 Å². The molecule has 104 valence electrons. The molecule has 4 heteroatoms. The molecule has 2 aromatic rings. The lowest BCUT2D eigenvalue weighted by Crippen LogP contribution is -2.32. The van der Waals surface area contributed by atoms with Gasteiger partial charge in [-0.05, 0) is 42.7 Å². The maximum atomic E-state index is 10.7. The minimum absolute atomic E-state index is 0.333. The van der Waals surface area contributed by atoms with Gasteiger partial charge >= 0.3 is 5.97 Å². The average molecular weight is 270 g/mol. The topological polar surface area (TPSA) is 75.3 Å². The van der Waals surface area contributed by atoms with Crippen LogP contribution >= 0.6 is 0 Å². The third-order valence-electron chi connectivity index (χ3n) is 3.15. The first-order chi connectivity index (χ1) is 9.56. The number of aliphatic carboxylic acids is 1. The van der Waals surface area contributed by atoms with Gasteiger partial charge in [-0.3, -0.25) is 4.79 Å². The van der Waals surface area contributed by atoms with Crippen LogP contribution < -0.4 is 11.1 Å². The van der Waals surface area contributed by atoms with Gasteiger partial charge < -0.3 is 16.2 Å². The van der Waals surface area contributed by atoms with E-state index in [0.717, 1.165) is 16.9 Å². The Hall–Kier alpha value is -2.33. The number of nitrogens with one attached hydrogen (secondary N) is 1. The van der Waals surface area contributed by atoms with Crippen LogP contribution in [0.1, 0.15) is 11.1 Å². The zero-order valence-corrected chi connectivity index (χ0v) is 11.3. The Kier molecular flexibility index (Phi) is 4.38. The molecule has 0 heterocycles. The van der Waals surface area contributed by atoms with Crippen molar-refractivity contribution in [2.75, 3.05) is 5.32 Å². The molecule has 4 nitrogen and oxygen atoms in total. The van der Waals surface area contributed by atoms with Crippen LogP contribution in [-0.4, -0.2) is 17.1 Å². The minimum Gasteiger partial charge on any atom is -0.480 e. The molecule has 0 unspecified atom stereocenters. The normalized spacial score (nSPS) is 11.9. The van der Waals surface area contributed by atoms with Crippen LogP contribution in [0.4, 0.5) is 11.4 Å². The molecule has 0 bridgehead atoms. The fraction of sp³-hybridized carbons (Fsp3) is 0.188. The molecule has 0 aromatic heterocycles. The van der Waals surface area contributed by atoms with E-state index in [1.807, 2.05) is 55.5 Å². The third kappa shape index (κ3) is 3.59. The molecule has 0 fully saturated rings. The van der Waals surface area contributed by atoms with Crippen molar-refractivity contribution in [3.8, 4) is 0 Å². The van der Waals surface area contributed by atoms with Crippen LogP contribution in [0.5, 0.6) is 0 Å². The van der Waals surface area contributed by atoms with Gasteiger partial charge in [-0.25, -0.2) is 0 Å². The molecule has 0 aliphatic heterocycles. The molecule has 0 radical (unpaired) electrons. The highest BCUT2D eigenvalue weighted by molar-refractivity contribution is 5.73. The Morgan fingerprint density at radius 3 is 2.45 bits per heavy atom. The predicted octanol–water partition coefficient (Wildman–Crippen LogP) is 2.69. The van der Waals surface area contributed by atoms with Gasteiger partial charge in [0.05, 0.1) is 0 Å². The van der Waals surface area contributed by atoms with Crippen molar-refractivity contribution in [1.29, 1.82) is 0 Å². The number of rotatable bonds is 5. The standard InChI is InChI=1S/C16H18N2O2/c1-11-4-2-3-5-15(11)18-13-8-6-12(7-9-13)10-14(17)16(19)20/h2-9,14,18H,10,17H2,1H3,(H,19,20)/t14-/m0/s1. The molecule has 0 saturated carbocycles. The van der Waals surface area contributed by atoms with Gasteiger partial charge in [0.2, 0.25) is 0 Å². The van der Waals surface area contributed by atoms with Crippen LogP contribution in [0, 0.1) is 6.92 Å².